The van der Waals surface area contributed by atoms with Gasteiger partial charge in [-0.25, -0.2) is 13.2 Å². The second-order valence-electron chi connectivity index (χ2n) is 6.86. The Balaban J connectivity index is 1.50. The zero-order valence-corrected chi connectivity index (χ0v) is 16.4. The highest BCUT2D eigenvalue weighted by Crippen LogP contribution is 2.30. The molecule has 1 aromatic carbocycles. The van der Waals surface area contributed by atoms with Crippen LogP contribution in [0.2, 0.25) is 0 Å². The smallest absolute Gasteiger partial charge is 0.328 e. The molecular formula is C18H19N5O5S. The van der Waals surface area contributed by atoms with Crippen LogP contribution < -0.4 is 11.2 Å². The van der Waals surface area contributed by atoms with Gasteiger partial charge in [-0.1, -0.05) is 23.4 Å². The maximum absolute atomic E-state index is 12.7. The third-order valence-electron chi connectivity index (χ3n) is 4.97. The molecular weight excluding hydrogens is 398 g/mol. The van der Waals surface area contributed by atoms with Crippen LogP contribution in [0.1, 0.15) is 24.7 Å². The lowest BCUT2D eigenvalue weighted by atomic mass is 9.98. The van der Waals surface area contributed by atoms with E-state index < -0.39 is 21.3 Å². The molecule has 2 aromatic heterocycles. The average Bonchev–Trinajstić information content (AvgIpc) is 3.21. The molecule has 0 unspecified atom stereocenters. The molecule has 0 amide bonds. The number of aryl methyl sites for hydroxylation is 1. The molecule has 152 valence electrons. The molecule has 0 radical (unpaired) electrons. The third-order valence-corrected chi connectivity index (χ3v) is 6.89. The van der Waals surface area contributed by atoms with Crippen LogP contribution in [0.15, 0.2) is 55.5 Å². The predicted octanol–water partition coefficient (Wildman–Crippen LogP) is 0.692. The molecule has 0 aliphatic carbocycles. The number of hydrogen-bond acceptors (Lipinski definition) is 7. The van der Waals surface area contributed by atoms with E-state index in [0.29, 0.717) is 31.8 Å². The number of aromatic nitrogens is 4. The third kappa shape index (κ3) is 3.66. The van der Waals surface area contributed by atoms with Gasteiger partial charge in [-0.2, -0.15) is 9.29 Å². The lowest BCUT2D eigenvalue weighted by molar-refractivity contribution is 0.271. The van der Waals surface area contributed by atoms with Gasteiger partial charge < -0.3 is 9.09 Å². The normalized spacial score (nSPS) is 16.2. The van der Waals surface area contributed by atoms with Crippen molar-refractivity contribution in [2.45, 2.75) is 23.7 Å². The number of sulfonamides is 1. The summed E-state index contributed by atoms with van der Waals surface area (Å²) in [6, 6.07) is 8.32. The van der Waals surface area contributed by atoms with Gasteiger partial charge in [-0.3, -0.25) is 9.78 Å². The molecule has 3 heterocycles. The number of nitrogens with one attached hydrogen (secondary N) is 1. The van der Waals surface area contributed by atoms with E-state index in [0.717, 1.165) is 0 Å². The summed E-state index contributed by atoms with van der Waals surface area (Å²) in [4.78, 5) is 30.2. The first-order valence-corrected chi connectivity index (χ1v) is 10.5. The highest BCUT2D eigenvalue weighted by Gasteiger charge is 2.32. The molecule has 0 bridgehead atoms. The lowest BCUT2D eigenvalue weighted by Crippen LogP contribution is -2.37. The van der Waals surface area contributed by atoms with Crippen LogP contribution in [0.25, 0.3) is 11.4 Å². The van der Waals surface area contributed by atoms with Gasteiger partial charge in [0.15, 0.2) is 0 Å². The first-order valence-electron chi connectivity index (χ1n) is 9.05. The van der Waals surface area contributed by atoms with E-state index in [1.165, 1.54) is 22.1 Å². The van der Waals surface area contributed by atoms with Crippen molar-refractivity contribution in [2.24, 2.45) is 7.05 Å². The molecule has 1 aliphatic heterocycles. The molecule has 0 atom stereocenters. The molecule has 3 aromatic rings. The molecule has 1 aliphatic rings. The Hall–Kier alpha value is -3.05. The fourth-order valence-corrected chi connectivity index (χ4v) is 4.81. The molecule has 29 heavy (non-hydrogen) atoms. The Labute approximate surface area is 165 Å². The summed E-state index contributed by atoms with van der Waals surface area (Å²) in [7, 11) is -2.03. The maximum Gasteiger partial charge on any atom is 0.328 e. The summed E-state index contributed by atoms with van der Waals surface area (Å²) in [5, 5.41) is 3.86. The molecule has 0 saturated carbocycles. The minimum atomic E-state index is -3.53. The number of rotatable bonds is 4. The van der Waals surface area contributed by atoms with Crippen LogP contribution in [0.5, 0.6) is 0 Å². The first kappa shape index (κ1) is 19.3. The van der Waals surface area contributed by atoms with Crippen LogP contribution in [-0.2, 0) is 17.1 Å². The predicted molar refractivity (Wildman–Crippen MR) is 103 cm³/mol. The number of nitrogens with zero attached hydrogens (tertiary/aromatic N) is 4. The van der Waals surface area contributed by atoms with E-state index in [4.69, 9.17) is 4.52 Å². The van der Waals surface area contributed by atoms with Crippen LogP contribution in [-0.4, -0.2) is 45.5 Å². The Morgan fingerprint density at radius 3 is 2.52 bits per heavy atom. The van der Waals surface area contributed by atoms with Crippen molar-refractivity contribution in [1.29, 1.82) is 0 Å². The van der Waals surface area contributed by atoms with Crippen molar-refractivity contribution >= 4 is 10.0 Å². The largest absolute Gasteiger partial charge is 0.339 e. The van der Waals surface area contributed by atoms with Crippen molar-refractivity contribution in [1.82, 2.24) is 24.0 Å². The van der Waals surface area contributed by atoms with Gasteiger partial charge in [0.1, 0.15) is 5.56 Å². The summed E-state index contributed by atoms with van der Waals surface area (Å²) in [5.74, 6) is 0.339. The number of H-pyrrole nitrogens is 1. The van der Waals surface area contributed by atoms with Gasteiger partial charge in [0.2, 0.25) is 21.7 Å². The minimum absolute atomic E-state index is 0.0937. The summed E-state index contributed by atoms with van der Waals surface area (Å²) in [6.07, 6.45) is 2.40. The van der Waals surface area contributed by atoms with Crippen molar-refractivity contribution < 1.29 is 12.9 Å². The molecule has 1 fully saturated rings. The second kappa shape index (κ2) is 7.41. The SMILES string of the molecule is Cn1cc(-c2noc(C3CCN(S(=O)(=O)c4ccccc4)CC3)n2)c(=O)[nH]c1=O. The van der Waals surface area contributed by atoms with Gasteiger partial charge in [0, 0.05) is 32.3 Å². The van der Waals surface area contributed by atoms with Gasteiger partial charge in [-0.15, -0.1) is 0 Å². The maximum atomic E-state index is 12.7. The average molecular weight is 417 g/mol. The fourth-order valence-electron chi connectivity index (χ4n) is 3.32. The Morgan fingerprint density at radius 2 is 1.83 bits per heavy atom. The zero-order valence-electron chi connectivity index (χ0n) is 15.6. The van der Waals surface area contributed by atoms with Gasteiger partial charge in [0.25, 0.3) is 5.56 Å². The van der Waals surface area contributed by atoms with Crippen molar-refractivity contribution in [3.8, 4) is 11.4 Å². The van der Waals surface area contributed by atoms with Gasteiger partial charge >= 0.3 is 5.69 Å². The van der Waals surface area contributed by atoms with E-state index >= 15 is 0 Å². The summed E-state index contributed by atoms with van der Waals surface area (Å²) in [5.41, 5.74) is -0.995. The highest BCUT2D eigenvalue weighted by molar-refractivity contribution is 7.89. The molecule has 4 rings (SSSR count). The molecule has 1 saturated heterocycles. The van der Waals surface area contributed by atoms with Crippen molar-refractivity contribution in [3.63, 3.8) is 0 Å². The number of benzene rings is 1. The summed E-state index contributed by atoms with van der Waals surface area (Å²) in [6.45, 7) is 0.667. The van der Waals surface area contributed by atoms with Crippen LogP contribution >= 0.6 is 0 Å². The van der Waals surface area contributed by atoms with Crippen LogP contribution in [0, 0.1) is 0 Å². The summed E-state index contributed by atoms with van der Waals surface area (Å²) >= 11 is 0. The fraction of sp³-hybridized carbons (Fsp3) is 0.333. The highest BCUT2D eigenvalue weighted by atomic mass is 32.2. The van der Waals surface area contributed by atoms with Crippen LogP contribution in [0.4, 0.5) is 0 Å². The lowest BCUT2D eigenvalue weighted by Gasteiger charge is -2.29. The Morgan fingerprint density at radius 1 is 1.14 bits per heavy atom. The van der Waals surface area contributed by atoms with E-state index in [1.54, 1.807) is 30.3 Å². The van der Waals surface area contributed by atoms with Crippen LogP contribution in [0.3, 0.4) is 0 Å². The van der Waals surface area contributed by atoms with Crippen molar-refractivity contribution in [3.05, 3.63) is 63.3 Å². The van der Waals surface area contributed by atoms with E-state index in [-0.39, 0.29) is 22.2 Å². The Bertz CT molecular complexity index is 1240. The van der Waals surface area contributed by atoms with Crippen molar-refractivity contribution in [2.75, 3.05) is 13.1 Å². The monoisotopic (exact) mass is 417 g/mol. The quantitative estimate of drug-likeness (QED) is 0.661. The molecule has 10 nitrogen and oxygen atoms in total. The molecule has 0 spiro atoms. The second-order valence-corrected chi connectivity index (χ2v) is 8.80. The van der Waals surface area contributed by atoms with E-state index in [2.05, 4.69) is 15.1 Å². The van der Waals surface area contributed by atoms with Gasteiger partial charge in [0.05, 0.1) is 4.90 Å². The molecule has 1 N–H and O–H groups in total. The number of aromatic amines is 1. The first-order chi connectivity index (χ1) is 13.9. The number of piperidine rings is 1. The molecule has 11 heteroatoms. The van der Waals surface area contributed by atoms with E-state index in [1.807, 2.05) is 0 Å². The minimum Gasteiger partial charge on any atom is -0.339 e. The topological polar surface area (TPSA) is 131 Å². The Kier molecular flexibility index (Phi) is 4.92. The van der Waals surface area contributed by atoms with Gasteiger partial charge in [-0.05, 0) is 25.0 Å². The number of hydrogen-bond donors (Lipinski definition) is 1. The standard InChI is InChI=1S/C18H19N5O5S/c1-22-11-14(16(24)20-18(22)25)15-19-17(28-21-15)12-7-9-23(10-8-12)29(26,27)13-5-3-2-4-6-13/h2-6,11-12H,7-10H2,1H3,(H,20,24,25). The zero-order chi connectivity index (χ0) is 20.6. The summed E-state index contributed by atoms with van der Waals surface area (Å²) < 4.78 is 33.4. The van der Waals surface area contributed by atoms with E-state index in [9.17, 15) is 18.0 Å².